The number of carbonyl (C=O) groups excluding carboxylic acids is 2. The van der Waals surface area contributed by atoms with Gasteiger partial charge in [-0.25, -0.2) is 9.97 Å². The molecule has 3 aliphatic heterocycles. The molecule has 1 aliphatic carbocycles. The molecule has 2 aromatic heterocycles. The van der Waals surface area contributed by atoms with Crippen LogP contribution in [0.1, 0.15) is 76.0 Å². The van der Waals surface area contributed by atoms with Crippen molar-refractivity contribution in [2.75, 3.05) is 44.2 Å². The lowest BCUT2D eigenvalue weighted by Gasteiger charge is -2.34. The lowest BCUT2D eigenvalue weighted by atomic mass is 9.95. The molecule has 1 saturated carbocycles. The van der Waals surface area contributed by atoms with Crippen LogP contribution in [0.2, 0.25) is 0 Å². The second-order valence-electron chi connectivity index (χ2n) is 11.1. The lowest BCUT2D eigenvalue weighted by molar-refractivity contribution is -0.136. The highest BCUT2D eigenvalue weighted by molar-refractivity contribution is 5.80. The summed E-state index contributed by atoms with van der Waals surface area (Å²) in [5.41, 5.74) is 1.69. The summed E-state index contributed by atoms with van der Waals surface area (Å²) < 4.78 is 0. The molecule has 8 nitrogen and oxygen atoms in total. The molecule has 8 heteroatoms. The summed E-state index contributed by atoms with van der Waals surface area (Å²) in [4.78, 5) is 45.6. The van der Waals surface area contributed by atoms with E-state index in [0.29, 0.717) is 11.8 Å². The van der Waals surface area contributed by atoms with Crippen molar-refractivity contribution < 1.29 is 9.59 Å². The number of piperidine rings is 2. The van der Waals surface area contributed by atoms with Crippen LogP contribution in [-0.4, -0.2) is 75.8 Å². The quantitative estimate of drug-likeness (QED) is 0.724. The van der Waals surface area contributed by atoms with Gasteiger partial charge in [0.05, 0.1) is 11.4 Å². The van der Waals surface area contributed by atoms with E-state index in [1.807, 2.05) is 0 Å². The fraction of sp³-hybridized carbons (Fsp3) is 0.704. The van der Waals surface area contributed by atoms with Gasteiger partial charge in [0.15, 0.2) is 5.65 Å². The van der Waals surface area contributed by atoms with E-state index in [2.05, 4.69) is 31.8 Å². The molecule has 2 amide bonds. The van der Waals surface area contributed by atoms with Gasteiger partial charge >= 0.3 is 0 Å². The first-order valence-corrected chi connectivity index (χ1v) is 13.8. The predicted octanol–water partition coefficient (Wildman–Crippen LogP) is 3.69. The van der Waals surface area contributed by atoms with Gasteiger partial charge in [0, 0.05) is 51.1 Å². The molecule has 35 heavy (non-hydrogen) atoms. The standard InChI is InChI=1S/C27H38N6O2/c34-26(19-7-1-2-8-19)33-16-5-9-20(17-33)24-28-22-11-12-23(29-25(22)30-24)32-15-6-10-21(18-32)27(35)31-13-3-4-14-31/h11-12,19-21H,1-10,13-18H2,(H,28,29,30). The van der Waals surface area contributed by atoms with Gasteiger partial charge in [-0.15, -0.1) is 0 Å². The minimum atomic E-state index is 0.0692. The van der Waals surface area contributed by atoms with E-state index in [1.165, 1.54) is 12.8 Å². The minimum absolute atomic E-state index is 0.0692. The van der Waals surface area contributed by atoms with Crippen molar-refractivity contribution in [1.82, 2.24) is 24.8 Å². The minimum Gasteiger partial charge on any atom is -0.356 e. The molecular weight excluding hydrogens is 440 g/mol. The van der Waals surface area contributed by atoms with Crippen LogP contribution < -0.4 is 4.90 Å². The largest absolute Gasteiger partial charge is 0.356 e. The Hall–Kier alpha value is -2.64. The van der Waals surface area contributed by atoms with Crippen molar-refractivity contribution in [3.63, 3.8) is 0 Å². The van der Waals surface area contributed by atoms with Crippen LogP contribution in [-0.2, 0) is 9.59 Å². The normalized spacial score (nSPS) is 26.1. The molecule has 0 aromatic carbocycles. The second-order valence-corrected chi connectivity index (χ2v) is 11.1. The van der Waals surface area contributed by atoms with Crippen LogP contribution in [0.3, 0.4) is 0 Å². The van der Waals surface area contributed by atoms with Gasteiger partial charge in [-0.3, -0.25) is 9.59 Å². The van der Waals surface area contributed by atoms with E-state index in [0.717, 1.165) is 113 Å². The monoisotopic (exact) mass is 478 g/mol. The Morgan fingerprint density at radius 1 is 0.743 bits per heavy atom. The number of rotatable bonds is 4. The maximum absolute atomic E-state index is 13.0. The number of imidazole rings is 1. The Labute approximate surface area is 207 Å². The van der Waals surface area contributed by atoms with Gasteiger partial charge in [0.25, 0.3) is 0 Å². The number of fused-ring (bicyclic) bond motifs is 1. The zero-order chi connectivity index (χ0) is 23.8. The zero-order valence-electron chi connectivity index (χ0n) is 20.8. The van der Waals surface area contributed by atoms with Crippen molar-refractivity contribution in [3.8, 4) is 0 Å². The van der Waals surface area contributed by atoms with Gasteiger partial charge in [-0.1, -0.05) is 12.8 Å². The predicted molar refractivity (Wildman–Crippen MR) is 135 cm³/mol. The summed E-state index contributed by atoms with van der Waals surface area (Å²) in [5.74, 6) is 3.09. The highest BCUT2D eigenvalue weighted by atomic mass is 16.2. The van der Waals surface area contributed by atoms with E-state index in [1.54, 1.807) is 0 Å². The molecule has 2 unspecified atom stereocenters. The number of likely N-dealkylation sites (tertiary alicyclic amines) is 2. The van der Waals surface area contributed by atoms with Crippen molar-refractivity contribution in [2.24, 2.45) is 11.8 Å². The number of aromatic nitrogens is 3. The number of hydrogen-bond acceptors (Lipinski definition) is 5. The number of nitrogens with zero attached hydrogens (tertiary/aromatic N) is 5. The third-order valence-corrected chi connectivity index (χ3v) is 8.69. The Bertz CT molecular complexity index is 1020. The van der Waals surface area contributed by atoms with Crippen LogP contribution >= 0.6 is 0 Å². The van der Waals surface area contributed by atoms with Crippen molar-refractivity contribution in [2.45, 2.75) is 70.1 Å². The van der Waals surface area contributed by atoms with E-state index < -0.39 is 0 Å². The second kappa shape index (κ2) is 9.78. The first kappa shape index (κ1) is 22.8. The highest BCUT2D eigenvalue weighted by Gasteiger charge is 2.33. The summed E-state index contributed by atoms with van der Waals surface area (Å²) in [5, 5.41) is 0. The topological polar surface area (TPSA) is 85.4 Å². The number of anilines is 1. The van der Waals surface area contributed by atoms with Crippen LogP contribution in [0.4, 0.5) is 5.82 Å². The lowest BCUT2D eigenvalue weighted by Crippen LogP contribution is -2.44. The van der Waals surface area contributed by atoms with E-state index in [4.69, 9.17) is 9.97 Å². The summed E-state index contributed by atoms with van der Waals surface area (Å²) in [6.07, 6.45) is 10.8. The van der Waals surface area contributed by atoms with Crippen LogP contribution in [0.25, 0.3) is 11.2 Å². The molecule has 2 aromatic rings. The van der Waals surface area contributed by atoms with Gasteiger partial charge < -0.3 is 19.7 Å². The number of H-pyrrole nitrogens is 1. The first-order chi connectivity index (χ1) is 17.2. The number of amides is 2. The number of carbonyl (C=O) groups is 2. The molecule has 4 fully saturated rings. The molecule has 5 heterocycles. The Morgan fingerprint density at radius 3 is 2.29 bits per heavy atom. The van der Waals surface area contributed by atoms with Crippen molar-refractivity contribution >= 4 is 28.8 Å². The first-order valence-electron chi connectivity index (χ1n) is 13.8. The Kier molecular flexibility index (Phi) is 6.37. The number of hydrogen-bond donors (Lipinski definition) is 1. The van der Waals surface area contributed by atoms with Crippen molar-refractivity contribution in [1.29, 1.82) is 0 Å². The van der Waals surface area contributed by atoms with Gasteiger partial charge in [0.1, 0.15) is 11.6 Å². The summed E-state index contributed by atoms with van der Waals surface area (Å²) in [7, 11) is 0. The molecule has 1 N–H and O–H groups in total. The fourth-order valence-corrected chi connectivity index (χ4v) is 6.68. The van der Waals surface area contributed by atoms with Crippen LogP contribution in [0.15, 0.2) is 12.1 Å². The van der Waals surface area contributed by atoms with Gasteiger partial charge in [0.2, 0.25) is 11.8 Å². The number of nitrogens with one attached hydrogen (secondary N) is 1. The molecule has 188 valence electrons. The Morgan fingerprint density at radius 2 is 1.46 bits per heavy atom. The summed E-state index contributed by atoms with van der Waals surface area (Å²) in [6, 6.07) is 4.13. The number of aromatic amines is 1. The SMILES string of the molecule is O=C(C1CCCN(c2ccc3[nH]c(C4CCCN(C(=O)C5CCCC5)C4)nc3n2)C1)N1CCCC1. The number of pyridine rings is 1. The fourth-order valence-electron chi connectivity index (χ4n) is 6.68. The summed E-state index contributed by atoms with van der Waals surface area (Å²) >= 11 is 0. The smallest absolute Gasteiger partial charge is 0.227 e. The van der Waals surface area contributed by atoms with E-state index >= 15 is 0 Å². The van der Waals surface area contributed by atoms with Gasteiger partial charge in [-0.2, -0.15) is 0 Å². The molecule has 0 radical (unpaired) electrons. The molecule has 0 spiro atoms. The molecule has 2 atom stereocenters. The van der Waals surface area contributed by atoms with Crippen LogP contribution in [0, 0.1) is 11.8 Å². The average Bonchev–Trinajstić information content (AvgIpc) is 3.69. The Balaban J connectivity index is 1.15. The average molecular weight is 479 g/mol. The van der Waals surface area contributed by atoms with Crippen molar-refractivity contribution in [3.05, 3.63) is 18.0 Å². The third-order valence-electron chi connectivity index (χ3n) is 8.69. The highest BCUT2D eigenvalue weighted by Crippen LogP contribution is 2.32. The molecular formula is C27H38N6O2. The van der Waals surface area contributed by atoms with Crippen LogP contribution in [0.5, 0.6) is 0 Å². The maximum atomic E-state index is 13.0. The van der Waals surface area contributed by atoms with E-state index in [9.17, 15) is 9.59 Å². The summed E-state index contributed by atoms with van der Waals surface area (Å²) in [6.45, 7) is 5.14. The molecule has 4 aliphatic rings. The zero-order valence-corrected chi connectivity index (χ0v) is 20.8. The molecule has 0 bridgehead atoms. The third kappa shape index (κ3) is 4.64. The molecule has 6 rings (SSSR count). The maximum Gasteiger partial charge on any atom is 0.227 e. The molecule has 3 saturated heterocycles. The van der Waals surface area contributed by atoms with E-state index in [-0.39, 0.29) is 17.8 Å². The van der Waals surface area contributed by atoms with Gasteiger partial charge in [-0.05, 0) is 63.5 Å².